The summed E-state index contributed by atoms with van der Waals surface area (Å²) in [6.07, 6.45) is -1.03. The number of carbonyl (C=O) groups is 3. The SMILES string of the molecule is COCCOCCOCCNC(=O)CCC(CCCCC(=O)NCCOCCOCCOCc1cn([C@H]2CO[C@H](CO)[C@H](O)[C@@H]2O)nn1)C(=O)NCCOCCOCCOCc1cn([C@H]2CO[C@H](CO)[C@H](O)[C@@H]2O)nn1. The van der Waals surface area contributed by atoms with E-state index in [9.17, 15) is 45.0 Å². The minimum Gasteiger partial charge on any atom is -0.394 e. The van der Waals surface area contributed by atoms with Crippen molar-refractivity contribution >= 4 is 17.7 Å². The van der Waals surface area contributed by atoms with Gasteiger partial charge in [0.15, 0.2) is 0 Å². The fourth-order valence-electron chi connectivity index (χ4n) is 7.78. The molecule has 4 rings (SSSR count). The number of carbonyl (C=O) groups excluding carboxylic acids is 3. The van der Waals surface area contributed by atoms with Crippen molar-refractivity contribution in [2.24, 2.45) is 5.92 Å². The maximum Gasteiger partial charge on any atom is 0.223 e. The monoisotopic (exact) mass is 1090 g/mol. The molecule has 0 aromatic carbocycles. The molecule has 2 aliphatic heterocycles. The Hall–Kier alpha value is -3.99. The summed E-state index contributed by atoms with van der Waals surface area (Å²) in [6, 6.07) is -1.31. The maximum absolute atomic E-state index is 13.3. The van der Waals surface area contributed by atoms with Gasteiger partial charge in [-0.1, -0.05) is 16.8 Å². The Kier molecular flexibility index (Phi) is 33.4. The number of nitrogens with zero attached hydrogens (tertiary/aromatic N) is 6. The highest BCUT2D eigenvalue weighted by atomic mass is 16.6. The van der Waals surface area contributed by atoms with Crippen molar-refractivity contribution in [2.75, 3.05) is 152 Å². The molecule has 9 N–H and O–H groups in total. The Labute approximate surface area is 442 Å². The van der Waals surface area contributed by atoms with E-state index in [-0.39, 0.29) is 90.0 Å². The van der Waals surface area contributed by atoms with E-state index in [2.05, 4.69) is 36.6 Å². The van der Waals surface area contributed by atoms with Gasteiger partial charge in [-0.25, -0.2) is 9.36 Å². The summed E-state index contributed by atoms with van der Waals surface area (Å²) in [7, 11) is 1.60. The van der Waals surface area contributed by atoms with Gasteiger partial charge in [0, 0.05) is 45.5 Å². The summed E-state index contributed by atoms with van der Waals surface area (Å²) in [5, 5.41) is 84.2. The van der Waals surface area contributed by atoms with Gasteiger partial charge in [-0.2, -0.15) is 0 Å². The van der Waals surface area contributed by atoms with Crippen LogP contribution in [0.2, 0.25) is 0 Å². The van der Waals surface area contributed by atoms with Gasteiger partial charge in [-0.05, 0) is 19.3 Å². The Morgan fingerprint density at radius 1 is 0.553 bits per heavy atom. The minimum absolute atomic E-state index is 0.0546. The zero-order chi connectivity index (χ0) is 54.6. The lowest BCUT2D eigenvalue weighted by Gasteiger charge is -2.36. The third-order valence-electron chi connectivity index (χ3n) is 12.1. The fraction of sp³-hybridized carbons (Fsp3) is 0.851. The number of amides is 3. The highest BCUT2D eigenvalue weighted by Crippen LogP contribution is 2.25. The summed E-state index contributed by atoms with van der Waals surface area (Å²) in [6.45, 7) is 5.57. The molecule has 2 aromatic rings. The van der Waals surface area contributed by atoms with Gasteiger partial charge in [0.1, 0.15) is 60.1 Å². The van der Waals surface area contributed by atoms with Crippen LogP contribution in [0.3, 0.4) is 0 Å². The second kappa shape index (κ2) is 39.4. The Morgan fingerprint density at radius 2 is 0.961 bits per heavy atom. The van der Waals surface area contributed by atoms with Crippen molar-refractivity contribution in [3.05, 3.63) is 23.8 Å². The molecule has 2 aliphatic rings. The second-order valence-corrected chi connectivity index (χ2v) is 17.8. The molecule has 76 heavy (non-hydrogen) atoms. The summed E-state index contributed by atoms with van der Waals surface area (Å²) in [5.74, 6) is -0.991. The van der Waals surface area contributed by atoms with Crippen molar-refractivity contribution in [3.63, 3.8) is 0 Å². The predicted molar refractivity (Wildman–Crippen MR) is 262 cm³/mol. The molecule has 3 amide bonds. The number of aliphatic hydroxyl groups is 6. The molecule has 0 aliphatic carbocycles. The van der Waals surface area contributed by atoms with Gasteiger partial charge >= 0.3 is 0 Å². The first kappa shape index (κ1) is 64.5. The van der Waals surface area contributed by atoms with E-state index in [1.807, 2.05) is 0 Å². The second-order valence-electron chi connectivity index (χ2n) is 17.8. The normalized spacial score (nSPS) is 22.1. The molecular weight excluding hydrogens is 1010 g/mol. The van der Waals surface area contributed by atoms with Gasteiger partial charge in [-0.15, -0.1) is 10.2 Å². The molecule has 4 heterocycles. The molecule has 2 aromatic heterocycles. The Balaban J connectivity index is 1.01. The smallest absolute Gasteiger partial charge is 0.223 e. The van der Waals surface area contributed by atoms with Crippen LogP contribution < -0.4 is 16.0 Å². The van der Waals surface area contributed by atoms with Gasteiger partial charge in [-0.3, -0.25) is 14.4 Å². The van der Waals surface area contributed by atoms with Crippen molar-refractivity contribution in [1.29, 1.82) is 0 Å². The number of hydrogen-bond acceptors (Lipinski definition) is 24. The number of methoxy groups -OCH3 is 1. The molecule has 0 radical (unpaired) electrons. The lowest BCUT2D eigenvalue weighted by molar-refractivity contribution is -0.171. The van der Waals surface area contributed by atoms with Gasteiger partial charge in [0.2, 0.25) is 17.7 Å². The molecule has 2 fully saturated rings. The summed E-state index contributed by atoms with van der Waals surface area (Å²) in [4.78, 5) is 38.4. The molecule has 29 nitrogen and oxygen atoms in total. The van der Waals surface area contributed by atoms with Gasteiger partial charge < -0.3 is 98.7 Å². The molecule has 29 heteroatoms. The number of ether oxygens (including phenoxy) is 11. The summed E-state index contributed by atoms with van der Waals surface area (Å²) < 4.78 is 62.9. The van der Waals surface area contributed by atoms with E-state index in [0.717, 1.165) is 0 Å². The number of aromatic nitrogens is 6. The Bertz CT molecular complexity index is 1840. The van der Waals surface area contributed by atoms with Crippen molar-refractivity contribution < 1.29 is 97.1 Å². The largest absolute Gasteiger partial charge is 0.394 e. The third-order valence-corrected chi connectivity index (χ3v) is 12.1. The van der Waals surface area contributed by atoms with E-state index >= 15 is 0 Å². The lowest BCUT2D eigenvalue weighted by Crippen LogP contribution is -2.52. The van der Waals surface area contributed by atoms with Crippen molar-refractivity contribution in [2.45, 2.75) is 100 Å². The lowest BCUT2D eigenvalue weighted by atomic mass is 9.95. The highest BCUT2D eigenvalue weighted by molar-refractivity contribution is 5.80. The van der Waals surface area contributed by atoms with Crippen LogP contribution in [0.4, 0.5) is 0 Å². The quantitative estimate of drug-likeness (QED) is 0.0285. The van der Waals surface area contributed by atoms with Crippen LogP contribution in [-0.2, 0) is 79.7 Å². The molecular formula is C47H83N9O20. The molecule has 436 valence electrons. The average Bonchev–Trinajstić information content (AvgIpc) is 4.11. The topological polar surface area (TPSA) is 372 Å². The van der Waals surface area contributed by atoms with Crippen molar-refractivity contribution in [3.8, 4) is 0 Å². The number of hydrogen-bond donors (Lipinski definition) is 9. The van der Waals surface area contributed by atoms with Crippen LogP contribution in [0.1, 0.15) is 62.0 Å². The van der Waals surface area contributed by atoms with E-state index in [1.54, 1.807) is 19.5 Å². The summed E-state index contributed by atoms with van der Waals surface area (Å²) >= 11 is 0. The fourth-order valence-corrected chi connectivity index (χ4v) is 7.78. The molecule has 0 saturated carbocycles. The molecule has 0 bridgehead atoms. The van der Waals surface area contributed by atoms with Crippen LogP contribution in [-0.4, -0.2) is 267 Å². The first-order valence-electron chi connectivity index (χ1n) is 26.0. The predicted octanol–water partition coefficient (Wildman–Crippen LogP) is -4.04. The van der Waals surface area contributed by atoms with Crippen LogP contribution in [0.5, 0.6) is 0 Å². The van der Waals surface area contributed by atoms with Gasteiger partial charge in [0.05, 0.1) is 151 Å². The summed E-state index contributed by atoms with van der Waals surface area (Å²) in [5.41, 5.74) is 1.03. The zero-order valence-electron chi connectivity index (χ0n) is 43.6. The molecule has 1 unspecified atom stereocenters. The van der Waals surface area contributed by atoms with Crippen LogP contribution in [0.25, 0.3) is 0 Å². The first-order valence-corrected chi connectivity index (χ1v) is 26.0. The molecule has 0 spiro atoms. The van der Waals surface area contributed by atoms with E-state index in [4.69, 9.17) is 52.1 Å². The van der Waals surface area contributed by atoms with Crippen LogP contribution in [0, 0.1) is 5.92 Å². The van der Waals surface area contributed by atoms with E-state index in [1.165, 1.54) is 9.36 Å². The zero-order valence-corrected chi connectivity index (χ0v) is 43.6. The molecule has 9 atom stereocenters. The average molecular weight is 1090 g/mol. The Morgan fingerprint density at radius 3 is 1.41 bits per heavy atom. The number of nitrogens with one attached hydrogen (secondary N) is 3. The highest BCUT2D eigenvalue weighted by Gasteiger charge is 2.41. The van der Waals surface area contributed by atoms with Crippen molar-refractivity contribution in [1.82, 2.24) is 45.9 Å². The number of unbranched alkanes of at least 4 members (excludes halogenated alkanes) is 1. The number of aliphatic hydroxyl groups excluding tert-OH is 6. The van der Waals surface area contributed by atoms with E-state index in [0.29, 0.717) is 123 Å². The third kappa shape index (κ3) is 25.2. The van der Waals surface area contributed by atoms with E-state index < -0.39 is 67.8 Å². The standard InChI is InChI=1S/C47H83N9O20/c1-66-14-15-70-19-16-68-12-9-49-42(60)7-6-34(47(65)50-10-13-69-18-21-72-23-25-74-31-36-27-56(54-52-36)38-33-76-40(29-58)46(64)44(38)62)4-2-3-5-41(59)48-8-11-67-17-20-71-22-24-73-30-35-26-55(53-51-35)37-32-75-39(28-57)45(63)43(37)61/h26-27,34,37-40,43-46,57-58,61-64H,2-25,28-33H2,1H3,(H,48,59)(H,49,60)(H,50,65)/t34?,37-,38-,39+,40+,43+,44+,45-,46-/m0/s1. The van der Waals surface area contributed by atoms with Crippen LogP contribution >= 0.6 is 0 Å². The minimum atomic E-state index is -1.26. The molecule has 2 saturated heterocycles. The number of rotatable bonds is 44. The van der Waals surface area contributed by atoms with Crippen LogP contribution in [0.15, 0.2) is 12.4 Å². The van der Waals surface area contributed by atoms with Gasteiger partial charge in [0.25, 0.3) is 0 Å². The maximum atomic E-state index is 13.3. The first-order chi connectivity index (χ1) is 37.1.